The fourth-order valence-electron chi connectivity index (χ4n) is 1.46. The number of ether oxygens (including phenoxy) is 1. The Balaban J connectivity index is 2.61. The molecule has 1 rings (SSSR count). The van der Waals surface area contributed by atoms with Crippen LogP contribution in [0.1, 0.15) is 40.0 Å². The van der Waals surface area contributed by atoms with Gasteiger partial charge in [0.05, 0.1) is 12.2 Å². The molecule has 0 aromatic heterocycles. The van der Waals surface area contributed by atoms with Gasteiger partial charge in [0, 0.05) is 12.1 Å². The van der Waals surface area contributed by atoms with Gasteiger partial charge < -0.3 is 10.1 Å². The zero-order chi connectivity index (χ0) is 9.19. The summed E-state index contributed by atoms with van der Waals surface area (Å²) >= 11 is 0. The third-order valence-corrected chi connectivity index (χ3v) is 2.98. The molecule has 1 unspecified atom stereocenters. The molecule has 1 aliphatic heterocycles. The van der Waals surface area contributed by atoms with E-state index in [0.717, 1.165) is 31.6 Å². The van der Waals surface area contributed by atoms with E-state index < -0.39 is 0 Å². The van der Waals surface area contributed by atoms with Crippen LogP contribution >= 0.6 is 0 Å². The minimum absolute atomic E-state index is 0.00278. The van der Waals surface area contributed by atoms with E-state index in [1.54, 1.807) is 0 Å². The summed E-state index contributed by atoms with van der Waals surface area (Å²) in [5.41, 5.74) is 0.849. The van der Waals surface area contributed by atoms with E-state index in [4.69, 9.17) is 10.1 Å². The molecule has 0 radical (unpaired) electrons. The van der Waals surface area contributed by atoms with E-state index in [9.17, 15) is 0 Å². The van der Waals surface area contributed by atoms with Crippen LogP contribution in [0.3, 0.4) is 0 Å². The summed E-state index contributed by atoms with van der Waals surface area (Å²) in [6, 6.07) is 0. The van der Waals surface area contributed by atoms with E-state index in [2.05, 4.69) is 20.8 Å². The Morgan fingerprint density at radius 3 is 2.67 bits per heavy atom. The summed E-state index contributed by atoms with van der Waals surface area (Å²) < 4.78 is 5.78. The highest BCUT2D eigenvalue weighted by Gasteiger charge is 2.30. The van der Waals surface area contributed by atoms with Crippen LogP contribution in [0.2, 0.25) is 0 Å². The number of rotatable bonds is 1. The molecular formula is C10H19NO. The van der Waals surface area contributed by atoms with Gasteiger partial charge in [0.1, 0.15) is 0 Å². The third kappa shape index (κ3) is 2.07. The Kier molecular flexibility index (Phi) is 2.89. The minimum Gasteiger partial charge on any atom is -0.375 e. The first-order chi connectivity index (χ1) is 5.54. The smallest absolute Gasteiger partial charge is 0.0681 e. The third-order valence-electron chi connectivity index (χ3n) is 2.98. The van der Waals surface area contributed by atoms with Crippen molar-refractivity contribution in [2.75, 3.05) is 6.61 Å². The highest BCUT2D eigenvalue weighted by atomic mass is 16.5. The molecule has 0 aliphatic carbocycles. The summed E-state index contributed by atoms with van der Waals surface area (Å²) in [6.07, 6.45) is 2.74. The summed E-state index contributed by atoms with van der Waals surface area (Å²) in [6.45, 7) is 7.27. The van der Waals surface area contributed by atoms with E-state index in [0.29, 0.717) is 5.92 Å². The first-order valence-corrected chi connectivity index (χ1v) is 4.75. The topological polar surface area (TPSA) is 33.1 Å². The van der Waals surface area contributed by atoms with Crippen molar-refractivity contribution >= 4 is 5.71 Å². The predicted octanol–water partition coefficient (Wildman–Crippen LogP) is 2.62. The van der Waals surface area contributed by atoms with Crippen LogP contribution in [-0.4, -0.2) is 17.9 Å². The molecular weight excluding hydrogens is 150 g/mol. The SMILES string of the molecule is CC(C)C1(C)CCC(=N)CCO1. The second-order valence-corrected chi connectivity index (χ2v) is 4.17. The van der Waals surface area contributed by atoms with Crippen molar-refractivity contribution in [3.05, 3.63) is 0 Å². The molecule has 0 saturated carbocycles. The highest BCUT2D eigenvalue weighted by Crippen LogP contribution is 2.29. The van der Waals surface area contributed by atoms with Crippen LogP contribution in [0.15, 0.2) is 0 Å². The van der Waals surface area contributed by atoms with Crippen molar-refractivity contribution in [2.45, 2.75) is 45.6 Å². The maximum absolute atomic E-state index is 7.57. The lowest BCUT2D eigenvalue weighted by atomic mass is 9.87. The van der Waals surface area contributed by atoms with Gasteiger partial charge in [-0.05, 0) is 25.7 Å². The van der Waals surface area contributed by atoms with Gasteiger partial charge in [-0.1, -0.05) is 13.8 Å². The van der Waals surface area contributed by atoms with Crippen LogP contribution in [-0.2, 0) is 4.74 Å². The zero-order valence-electron chi connectivity index (χ0n) is 8.31. The number of hydrogen-bond donors (Lipinski definition) is 1. The molecule has 1 N–H and O–H groups in total. The maximum atomic E-state index is 7.57. The average molecular weight is 169 g/mol. The molecule has 1 fully saturated rings. The van der Waals surface area contributed by atoms with Crippen LogP contribution in [0.5, 0.6) is 0 Å². The van der Waals surface area contributed by atoms with E-state index in [-0.39, 0.29) is 5.60 Å². The maximum Gasteiger partial charge on any atom is 0.0681 e. The predicted molar refractivity (Wildman–Crippen MR) is 50.8 cm³/mol. The zero-order valence-corrected chi connectivity index (χ0v) is 8.31. The molecule has 2 nitrogen and oxygen atoms in total. The van der Waals surface area contributed by atoms with Gasteiger partial charge in [-0.25, -0.2) is 0 Å². The molecule has 12 heavy (non-hydrogen) atoms. The van der Waals surface area contributed by atoms with E-state index >= 15 is 0 Å². The monoisotopic (exact) mass is 169 g/mol. The van der Waals surface area contributed by atoms with E-state index in [1.807, 2.05) is 0 Å². The fraction of sp³-hybridized carbons (Fsp3) is 0.900. The average Bonchev–Trinajstić information content (AvgIpc) is 2.15. The second-order valence-electron chi connectivity index (χ2n) is 4.17. The second kappa shape index (κ2) is 3.56. The number of nitrogens with one attached hydrogen (secondary N) is 1. The summed E-state index contributed by atoms with van der Waals surface area (Å²) in [4.78, 5) is 0. The molecule has 0 amide bonds. The molecule has 2 heteroatoms. The van der Waals surface area contributed by atoms with Crippen LogP contribution in [0.4, 0.5) is 0 Å². The van der Waals surface area contributed by atoms with Gasteiger partial charge in [0.2, 0.25) is 0 Å². The van der Waals surface area contributed by atoms with Crippen molar-refractivity contribution in [3.8, 4) is 0 Å². The molecule has 0 bridgehead atoms. The molecule has 0 spiro atoms. The fourth-order valence-corrected chi connectivity index (χ4v) is 1.46. The van der Waals surface area contributed by atoms with Gasteiger partial charge in [-0.3, -0.25) is 0 Å². The largest absolute Gasteiger partial charge is 0.375 e. The molecule has 1 aliphatic rings. The van der Waals surface area contributed by atoms with Gasteiger partial charge in [-0.2, -0.15) is 0 Å². The Morgan fingerprint density at radius 1 is 1.42 bits per heavy atom. The van der Waals surface area contributed by atoms with Crippen LogP contribution in [0.25, 0.3) is 0 Å². The molecule has 70 valence electrons. The Morgan fingerprint density at radius 2 is 2.08 bits per heavy atom. The number of hydrogen-bond acceptors (Lipinski definition) is 2. The molecule has 0 aromatic rings. The molecule has 1 saturated heterocycles. The van der Waals surface area contributed by atoms with Crippen molar-refractivity contribution in [2.24, 2.45) is 5.92 Å². The van der Waals surface area contributed by atoms with Crippen LogP contribution < -0.4 is 0 Å². The molecule has 1 heterocycles. The lowest BCUT2D eigenvalue weighted by molar-refractivity contribution is -0.0611. The standard InChI is InChI=1S/C10H19NO/c1-8(2)10(3)6-4-9(11)5-7-12-10/h8,11H,4-7H2,1-3H3. The Labute approximate surface area is 74.8 Å². The van der Waals surface area contributed by atoms with Gasteiger partial charge in [0.15, 0.2) is 0 Å². The van der Waals surface area contributed by atoms with Crippen molar-refractivity contribution < 1.29 is 4.74 Å². The Bertz CT molecular complexity index is 177. The van der Waals surface area contributed by atoms with E-state index in [1.165, 1.54) is 0 Å². The lowest BCUT2D eigenvalue weighted by Gasteiger charge is -2.32. The quantitative estimate of drug-likeness (QED) is 0.643. The lowest BCUT2D eigenvalue weighted by Crippen LogP contribution is -2.34. The summed E-state index contributed by atoms with van der Waals surface area (Å²) in [5, 5.41) is 7.57. The van der Waals surface area contributed by atoms with Gasteiger partial charge in [0.25, 0.3) is 0 Å². The normalized spacial score (nSPS) is 32.2. The van der Waals surface area contributed by atoms with Crippen molar-refractivity contribution in [1.29, 1.82) is 5.41 Å². The van der Waals surface area contributed by atoms with Crippen molar-refractivity contribution in [1.82, 2.24) is 0 Å². The Hall–Kier alpha value is -0.370. The van der Waals surface area contributed by atoms with Crippen LogP contribution in [0, 0.1) is 11.3 Å². The molecule has 1 atom stereocenters. The van der Waals surface area contributed by atoms with Crippen molar-refractivity contribution in [3.63, 3.8) is 0 Å². The first kappa shape index (κ1) is 9.72. The first-order valence-electron chi connectivity index (χ1n) is 4.75. The molecule has 0 aromatic carbocycles. The summed E-state index contributed by atoms with van der Waals surface area (Å²) in [5.74, 6) is 0.545. The summed E-state index contributed by atoms with van der Waals surface area (Å²) in [7, 11) is 0. The highest BCUT2D eigenvalue weighted by molar-refractivity contribution is 5.81. The van der Waals surface area contributed by atoms with Gasteiger partial charge in [-0.15, -0.1) is 0 Å². The van der Waals surface area contributed by atoms with Gasteiger partial charge >= 0.3 is 0 Å². The minimum atomic E-state index is 0.00278.